The van der Waals surface area contributed by atoms with Crippen LogP contribution in [0.4, 0.5) is 0 Å². The van der Waals surface area contributed by atoms with E-state index in [0.717, 1.165) is 25.8 Å². The molecule has 94 valence electrons. The van der Waals surface area contributed by atoms with Crippen molar-refractivity contribution in [3.63, 3.8) is 0 Å². The fourth-order valence-corrected chi connectivity index (χ4v) is 3.12. The Balaban J connectivity index is 1.64. The van der Waals surface area contributed by atoms with Gasteiger partial charge in [0.05, 0.1) is 0 Å². The number of hydrogen-bond acceptors (Lipinski definition) is 3. The van der Waals surface area contributed by atoms with Gasteiger partial charge in [-0.1, -0.05) is 12.5 Å². The van der Waals surface area contributed by atoms with Crippen LogP contribution < -0.4 is 11.1 Å². The molecule has 0 aromatic carbocycles. The van der Waals surface area contributed by atoms with E-state index in [1.807, 2.05) is 6.07 Å². The Morgan fingerprint density at radius 1 is 1.53 bits per heavy atom. The molecule has 1 saturated carbocycles. The zero-order valence-electron chi connectivity index (χ0n) is 10.0. The summed E-state index contributed by atoms with van der Waals surface area (Å²) < 4.78 is 0. The molecule has 0 bridgehead atoms. The molecule has 0 saturated heterocycles. The van der Waals surface area contributed by atoms with E-state index in [0.29, 0.717) is 12.3 Å². The lowest BCUT2D eigenvalue weighted by molar-refractivity contribution is -0.122. The largest absolute Gasteiger partial charge is 0.356 e. The second kappa shape index (κ2) is 6.17. The molecule has 2 rings (SSSR count). The third kappa shape index (κ3) is 3.82. The Labute approximate surface area is 106 Å². The molecule has 0 unspecified atom stereocenters. The zero-order chi connectivity index (χ0) is 12.1. The van der Waals surface area contributed by atoms with Crippen LogP contribution in [-0.4, -0.2) is 18.5 Å². The van der Waals surface area contributed by atoms with Crippen molar-refractivity contribution in [3.05, 3.63) is 22.4 Å². The zero-order valence-corrected chi connectivity index (χ0v) is 10.8. The number of carbonyl (C=O) groups excluding carboxylic acids is 1. The summed E-state index contributed by atoms with van der Waals surface area (Å²) in [6.45, 7) is 0.737. The van der Waals surface area contributed by atoms with Crippen molar-refractivity contribution in [1.82, 2.24) is 5.32 Å². The Morgan fingerprint density at radius 3 is 3.06 bits per heavy atom. The molecule has 1 heterocycles. The summed E-state index contributed by atoms with van der Waals surface area (Å²) in [4.78, 5) is 13.0. The summed E-state index contributed by atoms with van der Waals surface area (Å²) in [6, 6.07) is 4.38. The van der Waals surface area contributed by atoms with Crippen molar-refractivity contribution in [3.8, 4) is 0 Å². The van der Waals surface area contributed by atoms with E-state index in [1.165, 1.54) is 11.3 Å². The summed E-state index contributed by atoms with van der Waals surface area (Å²) in [6.07, 6.45) is 4.90. The second-order valence-corrected chi connectivity index (χ2v) is 5.77. The van der Waals surface area contributed by atoms with Crippen LogP contribution in [0.3, 0.4) is 0 Å². The van der Waals surface area contributed by atoms with Gasteiger partial charge < -0.3 is 11.1 Å². The second-order valence-electron chi connectivity index (χ2n) is 4.74. The molecule has 4 heteroatoms. The van der Waals surface area contributed by atoms with Gasteiger partial charge in [-0.25, -0.2) is 0 Å². The maximum Gasteiger partial charge on any atom is 0.220 e. The van der Waals surface area contributed by atoms with Crippen LogP contribution in [0.5, 0.6) is 0 Å². The topological polar surface area (TPSA) is 55.1 Å². The van der Waals surface area contributed by atoms with Gasteiger partial charge in [0.15, 0.2) is 0 Å². The molecule has 0 radical (unpaired) electrons. The first-order valence-corrected chi connectivity index (χ1v) is 7.18. The molecule has 1 aliphatic rings. The Kier molecular flexibility index (Phi) is 4.57. The highest BCUT2D eigenvalue weighted by molar-refractivity contribution is 7.09. The molecule has 2 atom stereocenters. The Bertz CT molecular complexity index is 350. The lowest BCUT2D eigenvalue weighted by Gasteiger charge is -2.14. The number of rotatable bonds is 5. The first kappa shape index (κ1) is 12.6. The van der Waals surface area contributed by atoms with E-state index in [1.54, 1.807) is 11.3 Å². The molecular weight excluding hydrogens is 232 g/mol. The minimum Gasteiger partial charge on any atom is -0.356 e. The molecule has 1 aliphatic carbocycles. The standard InChI is InChI=1S/C13H20N2OS/c14-12-5-1-3-10(12)9-13(16)15-7-6-11-4-2-8-17-11/h2,4,8,10,12H,1,3,5-7,9,14H2,(H,15,16)/t10-,12+/m0/s1. The van der Waals surface area contributed by atoms with Crippen LogP contribution in [0, 0.1) is 5.92 Å². The van der Waals surface area contributed by atoms with E-state index < -0.39 is 0 Å². The lowest BCUT2D eigenvalue weighted by Crippen LogP contribution is -2.32. The molecule has 3 nitrogen and oxygen atoms in total. The predicted molar refractivity (Wildman–Crippen MR) is 71.0 cm³/mol. The van der Waals surface area contributed by atoms with Crippen LogP contribution in [-0.2, 0) is 11.2 Å². The van der Waals surface area contributed by atoms with E-state index in [4.69, 9.17) is 5.73 Å². The maximum absolute atomic E-state index is 11.7. The summed E-state index contributed by atoms with van der Waals surface area (Å²) in [5, 5.41) is 5.04. The number of nitrogens with two attached hydrogens (primary N) is 1. The van der Waals surface area contributed by atoms with E-state index in [2.05, 4.69) is 16.8 Å². The molecule has 1 amide bonds. The van der Waals surface area contributed by atoms with Crippen LogP contribution in [0.15, 0.2) is 17.5 Å². The number of thiophene rings is 1. The fraction of sp³-hybridized carbons (Fsp3) is 0.615. The van der Waals surface area contributed by atoms with Crippen molar-refractivity contribution in [2.75, 3.05) is 6.54 Å². The first-order valence-electron chi connectivity index (χ1n) is 6.30. The van der Waals surface area contributed by atoms with Crippen molar-refractivity contribution < 1.29 is 4.79 Å². The molecular formula is C13H20N2OS. The van der Waals surface area contributed by atoms with Gasteiger partial charge in [0, 0.05) is 23.9 Å². The first-order chi connectivity index (χ1) is 8.25. The van der Waals surface area contributed by atoms with Crippen molar-refractivity contribution in [1.29, 1.82) is 0 Å². The average molecular weight is 252 g/mol. The maximum atomic E-state index is 11.7. The van der Waals surface area contributed by atoms with Crippen LogP contribution in [0.1, 0.15) is 30.6 Å². The quantitative estimate of drug-likeness (QED) is 0.841. The summed E-state index contributed by atoms with van der Waals surface area (Å²) >= 11 is 1.74. The van der Waals surface area contributed by atoms with Gasteiger partial charge in [0.1, 0.15) is 0 Å². The van der Waals surface area contributed by atoms with Crippen molar-refractivity contribution in [2.45, 2.75) is 38.1 Å². The molecule has 3 N–H and O–H groups in total. The van der Waals surface area contributed by atoms with Gasteiger partial charge >= 0.3 is 0 Å². The van der Waals surface area contributed by atoms with Gasteiger partial charge in [-0.05, 0) is 36.6 Å². The summed E-state index contributed by atoms with van der Waals surface area (Å²) in [5.41, 5.74) is 5.95. The Morgan fingerprint density at radius 2 is 2.41 bits per heavy atom. The highest BCUT2D eigenvalue weighted by Crippen LogP contribution is 2.26. The van der Waals surface area contributed by atoms with Gasteiger partial charge in [-0.2, -0.15) is 0 Å². The fourth-order valence-electron chi connectivity index (χ4n) is 2.41. The SMILES string of the molecule is N[C@@H]1CCC[C@H]1CC(=O)NCCc1cccs1. The summed E-state index contributed by atoms with van der Waals surface area (Å²) in [5.74, 6) is 0.556. The molecule has 1 aromatic rings. The van der Waals surface area contributed by atoms with Crippen molar-refractivity contribution in [2.24, 2.45) is 11.7 Å². The molecule has 17 heavy (non-hydrogen) atoms. The number of carbonyl (C=O) groups is 1. The van der Waals surface area contributed by atoms with E-state index in [-0.39, 0.29) is 11.9 Å². The third-order valence-corrected chi connectivity index (χ3v) is 4.38. The smallest absolute Gasteiger partial charge is 0.220 e. The van der Waals surface area contributed by atoms with E-state index >= 15 is 0 Å². The summed E-state index contributed by atoms with van der Waals surface area (Å²) in [7, 11) is 0. The van der Waals surface area contributed by atoms with Gasteiger partial charge in [-0.3, -0.25) is 4.79 Å². The predicted octanol–water partition coefficient (Wildman–Crippen LogP) is 1.92. The molecule has 1 aromatic heterocycles. The molecule has 0 aliphatic heterocycles. The van der Waals surface area contributed by atoms with Crippen molar-refractivity contribution >= 4 is 17.2 Å². The highest BCUT2D eigenvalue weighted by atomic mass is 32.1. The average Bonchev–Trinajstić information content (AvgIpc) is 2.92. The van der Waals surface area contributed by atoms with Gasteiger partial charge in [0.25, 0.3) is 0 Å². The lowest BCUT2D eigenvalue weighted by atomic mass is 10.00. The van der Waals surface area contributed by atoms with Crippen LogP contribution in [0.2, 0.25) is 0 Å². The normalized spacial score (nSPS) is 23.8. The minimum atomic E-state index is 0.156. The highest BCUT2D eigenvalue weighted by Gasteiger charge is 2.25. The number of nitrogens with one attached hydrogen (secondary N) is 1. The van der Waals surface area contributed by atoms with Gasteiger partial charge in [0.2, 0.25) is 5.91 Å². The molecule has 1 fully saturated rings. The van der Waals surface area contributed by atoms with Crippen LogP contribution in [0.25, 0.3) is 0 Å². The Hall–Kier alpha value is -0.870. The number of hydrogen-bond donors (Lipinski definition) is 2. The monoisotopic (exact) mass is 252 g/mol. The molecule has 0 spiro atoms. The van der Waals surface area contributed by atoms with Gasteiger partial charge in [-0.15, -0.1) is 11.3 Å². The number of amides is 1. The van der Waals surface area contributed by atoms with Crippen LogP contribution >= 0.6 is 11.3 Å². The third-order valence-electron chi connectivity index (χ3n) is 3.44. The van der Waals surface area contributed by atoms with E-state index in [9.17, 15) is 4.79 Å². The minimum absolute atomic E-state index is 0.156.